The first-order valence-electron chi connectivity index (χ1n) is 8.47. The molecule has 7 nitrogen and oxygen atoms in total. The van der Waals surface area contributed by atoms with Gasteiger partial charge in [0.05, 0.1) is 18.5 Å². The maximum atomic E-state index is 12.6. The van der Waals surface area contributed by atoms with Gasteiger partial charge in [0.2, 0.25) is 5.91 Å². The van der Waals surface area contributed by atoms with E-state index in [-0.39, 0.29) is 24.4 Å². The van der Waals surface area contributed by atoms with E-state index in [0.29, 0.717) is 17.1 Å². The molecule has 1 aromatic carbocycles. The van der Waals surface area contributed by atoms with E-state index in [1.807, 2.05) is 30.3 Å². The van der Waals surface area contributed by atoms with Crippen molar-refractivity contribution in [3.05, 3.63) is 60.5 Å². The Balaban J connectivity index is 1.58. The summed E-state index contributed by atoms with van der Waals surface area (Å²) >= 11 is 0. The van der Waals surface area contributed by atoms with E-state index in [9.17, 15) is 9.59 Å². The second-order valence-electron chi connectivity index (χ2n) is 6.16. The third-order valence-corrected chi connectivity index (χ3v) is 4.07. The lowest BCUT2D eigenvalue weighted by Crippen LogP contribution is -2.38. The summed E-state index contributed by atoms with van der Waals surface area (Å²) in [5, 5.41) is 9.99. The van der Waals surface area contributed by atoms with Crippen LogP contribution in [0.15, 0.2) is 59.2 Å². The smallest absolute Gasteiger partial charge is 0.270 e. The van der Waals surface area contributed by atoms with Crippen molar-refractivity contribution in [2.75, 3.05) is 6.54 Å². The number of hydrogen-bond acceptors (Lipinski definition) is 4. The van der Waals surface area contributed by atoms with Gasteiger partial charge in [0, 0.05) is 12.1 Å². The lowest BCUT2D eigenvalue weighted by atomic mass is 10.2. The molecule has 3 aromatic rings. The SMILES string of the molecule is O=C(CNC(=O)c1cc(-c2ccco2)nn1-c1ccccc1)NC1CC1. The number of furan rings is 1. The normalized spacial score (nSPS) is 13.4. The summed E-state index contributed by atoms with van der Waals surface area (Å²) in [5.74, 6) is 0.0169. The maximum Gasteiger partial charge on any atom is 0.270 e. The van der Waals surface area contributed by atoms with Crippen LogP contribution in [0.1, 0.15) is 23.3 Å². The van der Waals surface area contributed by atoms with Gasteiger partial charge in [0.25, 0.3) is 5.91 Å². The van der Waals surface area contributed by atoms with Crippen LogP contribution in [-0.4, -0.2) is 34.2 Å². The van der Waals surface area contributed by atoms with Crippen LogP contribution in [0.5, 0.6) is 0 Å². The highest BCUT2D eigenvalue weighted by Crippen LogP contribution is 2.22. The number of para-hydroxylation sites is 1. The molecule has 26 heavy (non-hydrogen) atoms. The van der Waals surface area contributed by atoms with Crippen molar-refractivity contribution in [2.24, 2.45) is 0 Å². The zero-order chi connectivity index (χ0) is 17.9. The minimum atomic E-state index is -0.370. The molecule has 0 radical (unpaired) electrons. The van der Waals surface area contributed by atoms with E-state index in [0.717, 1.165) is 18.5 Å². The molecule has 2 aromatic heterocycles. The maximum absolute atomic E-state index is 12.6. The standard InChI is InChI=1S/C19H18N4O3/c24-18(21-13-8-9-13)12-20-19(25)16-11-15(17-7-4-10-26-17)22-23(16)14-5-2-1-3-6-14/h1-7,10-11,13H,8-9,12H2,(H,20,25)(H,21,24). The number of carbonyl (C=O) groups excluding carboxylic acids is 2. The molecule has 0 unspecified atom stereocenters. The first-order valence-corrected chi connectivity index (χ1v) is 8.47. The molecule has 0 aliphatic heterocycles. The van der Waals surface area contributed by atoms with Gasteiger partial charge in [-0.05, 0) is 37.1 Å². The minimum absolute atomic E-state index is 0.0641. The monoisotopic (exact) mass is 350 g/mol. The highest BCUT2D eigenvalue weighted by molar-refractivity contribution is 5.96. The largest absolute Gasteiger partial charge is 0.463 e. The second kappa shape index (κ2) is 6.87. The Kier molecular flexibility index (Phi) is 4.27. The summed E-state index contributed by atoms with van der Waals surface area (Å²) in [4.78, 5) is 24.5. The van der Waals surface area contributed by atoms with Crippen molar-refractivity contribution in [3.8, 4) is 17.1 Å². The predicted octanol–water partition coefficient (Wildman–Crippen LogP) is 2.14. The number of hydrogen-bond donors (Lipinski definition) is 2. The fourth-order valence-electron chi connectivity index (χ4n) is 2.61. The van der Waals surface area contributed by atoms with Crippen LogP contribution >= 0.6 is 0 Å². The fraction of sp³-hybridized carbons (Fsp3) is 0.211. The quantitative estimate of drug-likeness (QED) is 0.713. The Labute approximate surface area is 150 Å². The molecule has 0 atom stereocenters. The zero-order valence-electron chi connectivity index (χ0n) is 14.0. The van der Waals surface area contributed by atoms with Crippen molar-refractivity contribution >= 4 is 11.8 Å². The van der Waals surface area contributed by atoms with Gasteiger partial charge in [-0.25, -0.2) is 4.68 Å². The molecule has 0 saturated heterocycles. The van der Waals surface area contributed by atoms with Crippen molar-refractivity contribution in [2.45, 2.75) is 18.9 Å². The van der Waals surface area contributed by atoms with Gasteiger partial charge < -0.3 is 15.1 Å². The number of rotatable bonds is 6. The van der Waals surface area contributed by atoms with Gasteiger partial charge >= 0.3 is 0 Å². The third-order valence-electron chi connectivity index (χ3n) is 4.07. The molecule has 2 heterocycles. The van der Waals surface area contributed by atoms with E-state index in [4.69, 9.17) is 4.42 Å². The lowest BCUT2D eigenvalue weighted by Gasteiger charge is -2.08. The van der Waals surface area contributed by atoms with E-state index < -0.39 is 0 Å². The molecule has 2 amide bonds. The molecule has 1 fully saturated rings. The average molecular weight is 350 g/mol. The second-order valence-corrected chi connectivity index (χ2v) is 6.16. The average Bonchev–Trinajstić information content (AvgIpc) is 3.15. The number of benzene rings is 1. The van der Waals surface area contributed by atoms with Crippen molar-refractivity contribution in [1.82, 2.24) is 20.4 Å². The molecule has 1 aliphatic carbocycles. The summed E-state index contributed by atoms with van der Waals surface area (Å²) in [6, 6.07) is 14.8. The molecule has 0 spiro atoms. The van der Waals surface area contributed by atoms with E-state index in [1.54, 1.807) is 29.1 Å². The first-order chi connectivity index (χ1) is 12.7. The lowest BCUT2D eigenvalue weighted by molar-refractivity contribution is -0.120. The Morgan fingerprint density at radius 3 is 2.65 bits per heavy atom. The predicted molar refractivity (Wildman–Crippen MR) is 94.8 cm³/mol. The molecule has 7 heteroatoms. The van der Waals surface area contributed by atoms with Gasteiger partial charge in [-0.2, -0.15) is 5.10 Å². The van der Waals surface area contributed by atoms with Crippen molar-refractivity contribution < 1.29 is 14.0 Å². The molecule has 1 saturated carbocycles. The van der Waals surface area contributed by atoms with Gasteiger partial charge in [0.1, 0.15) is 11.4 Å². The first kappa shape index (κ1) is 16.1. The summed E-state index contributed by atoms with van der Waals surface area (Å²) in [6.45, 7) is -0.0641. The molecular formula is C19H18N4O3. The number of carbonyl (C=O) groups is 2. The fourth-order valence-corrected chi connectivity index (χ4v) is 2.61. The zero-order valence-corrected chi connectivity index (χ0v) is 14.0. The van der Waals surface area contributed by atoms with Crippen LogP contribution in [0, 0.1) is 0 Å². The Hall–Kier alpha value is -3.35. The van der Waals surface area contributed by atoms with E-state index >= 15 is 0 Å². The van der Waals surface area contributed by atoms with Crippen molar-refractivity contribution in [3.63, 3.8) is 0 Å². The summed E-state index contributed by atoms with van der Waals surface area (Å²) in [7, 11) is 0. The Morgan fingerprint density at radius 1 is 1.15 bits per heavy atom. The molecular weight excluding hydrogens is 332 g/mol. The highest BCUT2D eigenvalue weighted by atomic mass is 16.3. The van der Waals surface area contributed by atoms with Crippen LogP contribution in [0.25, 0.3) is 17.1 Å². The van der Waals surface area contributed by atoms with Crippen LogP contribution in [0.3, 0.4) is 0 Å². The van der Waals surface area contributed by atoms with Crippen LogP contribution in [0.2, 0.25) is 0 Å². The summed E-state index contributed by atoms with van der Waals surface area (Å²) < 4.78 is 6.93. The number of nitrogens with zero attached hydrogens (tertiary/aromatic N) is 2. The Bertz CT molecular complexity index is 912. The van der Waals surface area contributed by atoms with Gasteiger partial charge in [-0.1, -0.05) is 18.2 Å². The summed E-state index contributed by atoms with van der Waals surface area (Å²) in [6.07, 6.45) is 3.57. The highest BCUT2D eigenvalue weighted by Gasteiger charge is 2.24. The van der Waals surface area contributed by atoms with E-state index in [1.165, 1.54) is 0 Å². The topological polar surface area (TPSA) is 89.2 Å². The van der Waals surface area contributed by atoms with E-state index in [2.05, 4.69) is 15.7 Å². The molecule has 4 rings (SSSR count). The molecule has 2 N–H and O–H groups in total. The van der Waals surface area contributed by atoms with Crippen LogP contribution < -0.4 is 10.6 Å². The molecule has 132 valence electrons. The van der Waals surface area contributed by atoms with Gasteiger partial charge in [0.15, 0.2) is 5.76 Å². The number of nitrogens with one attached hydrogen (secondary N) is 2. The molecule has 1 aliphatic rings. The number of aromatic nitrogens is 2. The van der Waals surface area contributed by atoms with Crippen molar-refractivity contribution in [1.29, 1.82) is 0 Å². The van der Waals surface area contributed by atoms with Gasteiger partial charge in [-0.3, -0.25) is 9.59 Å². The Morgan fingerprint density at radius 2 is 1.96 bits per heavy atom. The van der Waals surface area contributed by atoms with Gasteiger partial charge in [-0.15, -0.1) is 0 Å². The summed E-state index contributed by atoms with van der Waals surface area (Å²) in [5.41, 5.74) is 1.63. The van der Waals surface area contributed by atoms with Crippen LogP contribution in [-0.2, 0) is 4.79 Å². The minimum Gasteiger partial charge on any atom is -0.463 e. The number of amides is 2. The van der Waals surface area contributed by atoms with Crippen LogP contribution in [0.4, 0.5) is 0 Å². The third kappa shape index (κ3) is 3.51. The molecule has 0 bridgehead atoms.